The second-order valence-corrected chi connectivity index (χ2v) is 4.24. The summed E-state index contributed by atoms with van der Waals surface area (Å²) in [4.78, 5) is 4.67. The van der Waals surface area contributed by atoms with Gasteiger partial charge in [-0.1, -0.05) is 24.3 Å². The van der Waals surface area contributed by atoms with Gasteiger partial charge in [0, 0.05) is 30.5 Å². The van der Waals surface area contributed by atoms with E-state index in [1.165, 1.54) is 5.71 Å². The van der Waals surface area contributed by atoms with E-state index in [0.717, 1.165) is 26.0 Å². The first-order chi connectivity index (χ1) is 6.95. The van der Waals surface area contributed by atoms with Crippen LogP contribution in [0.1, 0.15) is 12.8 Å². The van der Waals surface area contributed by atoms with E-state index in [2.05, 4.69) is 29.3 Å². The number of ether oxygens (including phenoxy) is 1. The molecule has 0 amide bonds. The highest BCUT2D eigenvalue weighted by Crippen LogP contribution is 2.33. The van der Waals surface area contributed by atoms with E-state index < -0.39 is 0 Å². The molecule has 2 heteroatoms. The molecule has 2 aliphatic heterocycles. The first kappa shape index (κ1) is 8.42. The average molecular weight is 189 g/mol. The molecule has 0 radical (unpaired) electrons. The molecule has 2 nitrogen and oxygen atoms in total. The van der Waals surface area contributed by atoms with Crippen molar-refractivity contribution in [2.45, 2.75) is 18.9 Å². The van der Waals surface area contributed by atoms with Gasteiger partial charge in [-0.25, -0.2) is 0 Å². The maximum Gasteiger partial charge on any atom is 0.0742 e. The van der Waals surface area contributed by atoms with Crippen molar-refractivity contribution in [3.8, 4) is 0 Å². The van der Waals surface area contributed by atoms with Crippen LogP contribution in [0.4, 0.5) is 0 Å². The summed E-state index contributed by atoms with van der Waals surface area (Å²) >= 11 is 0. The third kappa shape index (κ3) is 1.25. The fourth-order valence-corrected chi connectivity index (χ4v) is 2.67. The Hall–Kier alpha value is -0.890. The molecular formula is C12H15NO. The Bertz CT molecular complexity index is 316. The van der Waals surface area contributed by atoms with E-state index in [1.807, 2.05) is 0 Å². The van der Waals surface area contributed by atoms with Gasteiger partial charge in [0.05, 0.1) is 12.7 Å². The second kappa shape index (κ2) is 3.35. The minimum absolute atomic E-state index is 0.400. The predicted molar refractivity (Wildman–Crippen MR) is 56.5 cm³/mol. The van der Waals surface area contributed by atoms with Gasteiger partial charge in [0.2, 0.25) is 0 Å². The van der Waals surface area contributed by atoms with E-state index >= 15 is 0 Å². The minimum Gasteiger partial charge on any atom is -0.373 e. The molecule has 0 N–H and O–H groups in total. The highest BCUT2D eigenvalue weighted by Gasteiger charge is 2.36. The van der Waals surface area contributed by atoms with E-state index in [9.17, 15) is 0 Å². The summed E-state index contributed by atoms with van der Waals surface area (Å²) in [5, 5.41) is 0. The van der Waals surface area contributed by atoms with Crippen LogP contribution < -0.4 is 0 Å². The van der Waals surface area contributed by atoms with Crippen molar-refractivity contribution < 1.29 is 4.74 Å². The molecule has 0 saturated heterocycles. The van der Waals surface area contributed by atoms with Crippen molar-refractivity contribution >= 4 is 5.71 Å². The Kier molecular flexibility index (Phi) is 2.02. The van der Waals surface area contributed by atoms with Crippen LogP contribution in [-0.4, -0.2) is 25.0 Å². The number of rotatable bonds is 0. The molecule has 3 rings (SSSR count). The van der Waals surface area contributed by atoms with Gasteiger partial charge in [-0.05, 0) is 6.42 Å². The van der Waals surface area contributed by atoms with Crippen LogP contribution in [0.2, 0.25) is 0 Å². The molecule has 1 aliphatic carbocycles. The highest BCUT2D eigenvalue weighted by molar-refractivity contribution is 5.90. The van der Waals surface area contributed by atoms with Gasteiger partial charge >= 0.3 is 0 Å². The maximum atomic E-state index is 5.85. The number of hydrogen-bond acceptors (Lipinski definition) is 2. The summed E-state index contributed by atoms with van der Waals surface area (Å²) in [6, 6.07) is 0. The monoisotopic (exact) mass is 189 g/mol. The summed E-state index contributed by atoms with van der Waals surface area (Å²) in [5.74, 6) is 1.09. The van der Waals surface area contributed by atoms with Crippen LogP contribution >= 0.6 is 0 Å². The SMILES string of the molecule is C1=CC2CN=C3CC=CCC3C2OC1. The molecule has 3 aliphatic rings. The summed E-state index contributed by atoms with van der Waals surface area (Å²) in [6.45, 7) is 1.72. The molecule has 0 bridgehead atoms. The summed E-state index contributed by atoms with van der Waals surface area (Å²) in [5.41, 5.74) is 1.36. The fourth-order valence-electron chi connectivity index (χ4n) is 2.67. The van der Waals surface area contributed by atoms with Crippen molar-refractivity contribution in [1.29, 1.82) is 0 Å². The normalized spacial score (nSPS) is 40.0. The molecule has 14 heavy (non-hydrogen) atoms. The van der Waals surface area contributed by atoms with E-state index in [4.69, 9.17) is 4.74 Å². The Morgan fingerprint density at radius 1 is 1.29 bits per heavy atom. The highest BCUT2D eigenvalue weighted by atomic mass is 16.5. The van der Waals surface area contributed by atoms with Gasteiger partial charge in [0.25, 0.3) is 0 Å². The van der Waals surface area contributed by atoms with E-state index in [-0.39, 0.29) is 0 Å². The van der Waals surface area contributed by atoms with Gasteiger partial charge in [0.15, 0.2) is 0 Å². The molecule has 0 aromatic rings. The van der Waals surface area contributed by atoms with Gasteiger partial charge in [-0.2, -0.15) is 0 Å². The van der Waals surface area contributed by atoms with Gasteiger partial charge in [0.1, 0.15) is 0 Å². The lowest BCUT2D eigenvalue weighted by atomic mass is 9.78. The van der Waals surface area contributed by atoms with Crippen molar-refractivity contribution in [2.24, 2.45) is 16.8 Å². The molecule has 0 aromatic heterocycles. The van der Waals surface area contributed by atoms with Gasteiger partial charge in [-0.15, -0.1) is 0 Å². The number of fused-ring (bicyclic) bond motifs is 3. The number of nitrogens with zero attached hydrogens (tertiary/aromatic N) is 1. The molecule has 0 spiro atoms. The molecule has 2 heterocycles. The molecule has 0 aromatic carbocycles. The van der Waals surface area contributed by atoms with E-state index in [0.29, 0.717) is 17.9 Å². The molecule has 3 atom stereocenters. The number of hydrogen-bond donors (Lipinski definition) is 0. The Morgan fingerprint density at radius 3 is 3.29 bits per heavy atom. The largest absolute Gasteiger partial charge is 0.373 e. The average Bonchev–Trinajstić information content (AvgIpc) is 2.29. The molecule has 0 saturated carbocycles. The van der Waals surface area contributed by atoms with Gasteiger partial charge in [-0.3, -0.25) is 4.99 Å². The third-order valence-corrected chi connectivity index (χ3v) is 3.40. The minimum atomic E-state index is 0.400. The first-order valence-corrected chi connectivity index (χ1v) is 5.41. The Labute approximate surface area is 84.4 Å². The second-order valence-electron chi connectivity index (χ2n) is 4.24. The fraction of sp³-hybridized carbons (Fsp3) is 0.583. The van der Waals surface area contributed by atoms with Crippen LogP contribution in [0.25, 0.3) is 0 Å². The lowest BCUT2D eigenvalue weighted by molar-refractivity contribution is 0.00759. The lowest BCUT2D eigenvalue weighted by Crippen LogP contribution is -2.43. The van der Waals surface area contributed by atoms with Crippen molar-refractivity contribution in [2.75, 3.05) is 13.2 Å². The van der Waals surface area contributed by atoms with Crippen LogP contribution in [0.3, 0.4) is 0 Å². The van der Waals surface area contributed by atoms with Crippen molar-refractivity contribution in [3.05, 3.63) is 24.3 Å². The predicted octanol–water partition coefficient (Wildman–Crippen LogP) is 1.98. The zero-order valence-corrected chi connectivity index (χ0v) is 8.23. The van der Waals surface area contributed by atoms with Crippen LogP contribution in [0.15, 0.2) is 29.3 Å². The van der Waals surface area contributed by atoms with Gasteiger partial charge < -0.3 is 4.74 Å². The van der Waals surface area contributed by atoms with E-state index in [1.54, 1.807) is 0 Å². The zero-order chi connectivity index (χ0) is 9.38. The quantitative estimate of drug-likeness (QED) is 0.534. The van der Waals surface area contributed by atoms with Crippen molar-refractivity contribution in [3.63, 3.8) is 0 Å². The summed E-state index contributed by atoms with van der Waals surface area (Å²) < 4.78 is 5.85. The first-order valence-electron chi connectivity index (χ1n) is 5.41. The standard InChI is InChI=1S/C12H15NO/c1-2-6-11-10(5-1)12-9(8-13-11)4-3-7-14-12/h1-4,9-10,12H,5-8H2. The smallest absolute Gasteiger partial charge is 0.0742 e. The third-order valence-electron chi connectivity index (χ3n) is 3.40. The number of allylic oxidation sites excluding steroid dienone is 2. The topological polar surface area (TPSA) is 21.6 Å². The van der Waals surface area contributed by atoms with Crippen molar-refractivity contribution in [1.82, 2.24) is 0 Å². The Balaban J connectivity index is 1.91. The Morgan fingerprint density at radius 2 is 2.29 bits per heavy atom. The van der Waals surface area contributed by atoms with Crippen LogP contribution in [0.5, 0.6) is 0 Å². The molecular weight excluding hydrogens is 174 g/mol. The summed E-state index contributed by atoms with van der Waals surface area (Å²) in [7, 11) is 0. The molecule has 74 valence electrons. The van der Waals surface area contributed by atoms with Crippen LogP contribution in [-0.2, 0) is 4.74 Å². The maximum absolute atomic E-state index is 5.85. The number of aliphatic imine (C=N–C) groups is 1. The lowest BCUT2D eigenvalue weighted by Gasteiger charge is -2.38. The zero-order valence-electron chi connectivity index (χ0n) is 8.23. The summed E-state index contributed by atoms with van der Waals surface area (Å²) in [6.07, 6.45) is 11.5. The molecule has 0 fully saturated rings. The molecule has 3 unspecified atom stereocenters. The van der Waals surface area contributed by atoms with Crippen LogP contribution in [0, 0.1) is 11.8 Å².